The SMILES string of the molecule is C/C=C\C(=O)N(C=O)CCCCCC(=O)N(C)C(C(N)=O)C(C)C.CCC(C)C(C(CC(=O)N1CCCC1C(OC)C(C)C(=O)NC(Cc1ccccc1)C(=O)O)OC)N(C)C(=O)CC(C)C. The number of carbonyl (C=O) groups is 8. The number of carbonyl (C=O) groups excluding carboxylic acids is 7. The normalized spacial score (nSPS) is 16.7. The number of carboxylic acid groups (broad SMARTS) is 1. The Morgan fingerprint density at radius 2 is 1.55 bits per heavy atom. The number of aliphatic carboxylic acids is 1. The summed E-state index contributed by atoms with van der Waals surface area (Å²) in [7, 11) is 6.47. The number of likely N-dealkylation sites (N-methyl/N-ethyl adjacent to an activating group) is 2. The van der Waals surface area contributed by atoms with Crippen LogP contribution in [0.1, 0.15) is 119 Å². The van der Waals surface area contributed by atoms with Crippen LogP contribution in [-0.4, -0.2) is 150 Å². The number of allylic oxidation sites excluding steroid dienone is 1. The van der Waals surface area contributed by atoms with E-state index in [1.165, 1.54) is 18.1 Å². The molecule has 1 aromatic rings. The molecule has 0 aliphatic carbocycles. The fraction of sp³-hybridized carbons (Fsp3) is 0.680. The zero-order chi connectivity index (χ0) is 51.0. The summed E-state index contributed by atoms with van der Waals surface area (Å²) >= 11 is 0. The van der Waals surface area contributed by atoms with E-state index < -0.39 is 48.0 Å². The smallest absolute Gasteiger partial charge is 0.326 e. The second-order valence-corrected chi connectivity index (χ2v) is 18.4. The standard InChI is InChI=1S/C33H53N3O7.C17H29N3O4/c1-9-22(4)30(35(6)28(37)18-21(2)3)27(42-7)20-29(38)36-17-13-16-26(36)31(43-8)23(5)32(39)34-25(33(40)41)19-24-14-11-10-12-15-24;1-5-9-15(23)20(12-21)11-8-6-7-10-14(22)19(4)16(13(2)3)17(18)24/h10-12,14-15,21-23,25-27,30-31H,9,13,16-20H2,1-8H3,(H,34,39)(H,40,41);5,9,12-13,16H,6-8,10-11H2,1-4H3,(H2,18,24)/b;9-5-. The van der Waals surface area contributed by atoms with Crippen molar-refractivity contribution in [3.8, 4) is 0 Å². The summed E-state index contributed by atoms with van der Waals surface area (Å²) in [4.78, 5) is 104. The Morgan fingerprint density at radius 3 is 2.06 bits per heavy atom. The highest BCUT2D eigenvalue weighted by molar-refractivity contribution is 5.94. The van der Waals surface area contributed by atoms with Crippen molar-refractivity contribution in [2.45, 2.75) is 156 Å². The van der Waals surface area contributed by atoms with E-state index in [-0.39, 0.29) is 66.3 Å². The minimum atomic E-state index is -1.12. The van der Waals surface area contributed by atoms with E-state index in [9.17, 15) is 43.5 Å². The zero-order valence-electron chi connectivity index (χ0n) is 42.3. The lowest BCUT2D eigenvalue weighted by Gasteiger charge is -2.39. The summed E-state index contributed by atoms with van der Waals surface area (Å²) < 4.78 is 11.7. The molecule has 7 amide bonds. The minimum absolute atomic E-state index is 0.0278. The molecule has 378 valence electrons. The van der Waals surface area contributed by atoms with Crippen molar-refractivity contribution >= 4 is 47.8 Å². The monoisotopic (exact) mass is 943 g/mol. The second kappa shape index (κ2) is 31.0. The Balaban J connectivity index is 0.000000793. The second-order valence-electron chi connectivity index (χ2n) is 18.4. The van der Waals surface area contributed by atoms with Crippen molar-refractivity contribution in [2.75, 3.05) is 41.4 Å². The molecule has 0 spiro atoms. The van der Waals surface area contributed by atoms with Crippen molar-refractivity contribution in [1.82, 2.24) is 24.9 Å². The lowest BCUT2D eigenvalue weighted by molar-refractivity contribution is -0.147. The van der Waals surface area contributed by atoms with Gasteiger partial charge in [-0.1, -0.05) is 97.7 Å². The number of nitrogens with zero attached hydrogens (tertiary/aromatic N) is 4. The van der Waals surface area contributed by atoms with Gasteiger partial charge >= 0.3 is 5.97 Å². The van der Waals surface area contributed by atoms with E-state index in [1.807, 2.05) is 58.0 Å². The Morgan fingerprint density at radius 1 is 0.910 bits per heavy atom. The Kier molecular flexibility index (Phi) is 27.7. The molecule has 8 unspecified atom stereocenters. The van der Waals surface area contributed by atoms with E-state index in [4.69, 9.17) is 15.2 Å². The quantitative estimate of drug-likeness (QED) is 0.0585. The number of nitrogens with two attached hydrogens (primary N) is 1. The summed E-state index contributed by atoms with van der Waals surface area (Å²) in [6.45, 7) is 16.1. The number of methoxy groups -OCH3 is 2. The van der Waals surface area contributed by atoms with Crippen molar-refractivity contribution < 1.29 is 52.9 Å². The van der Waals surface area contributed by atoms with Crippen molar-refractivity contribution in [3.63, 3.8) is 0 Å². The molecule has 1 aromatic carbocycles. The van der Waals surface area contributed by atoms with Gasteiger partial charge < -0.3 is 40.3 Å². The number of imide groups is 1. The van der Waals surface area contributed by atoms with E-state index in [0.717, 1.165) is 23.3 Å². The summed E-state index contributed by atoms with van der Waals surface area (Å²) in [6, 6.07) is 6.82. The molecule has 1 aliphatic heterocycles. The lowest BCUT2D eigenvalue weighted by atomic mass is 9.90. The number of unbranched alkanes of at least 4 members (excludes halogenated alkanes) is 2. The number of ether oxygens (including phenoxy) is 2. The average Bonchev–Trinajstić information content (AvgIpc) is 3.76. The number of primary amides is 1. The molecule has 1 fully saturated rings. The number of hydrogen-bond acceptors (Lipinski definition) is 10. The van der Waals surface area contributed by atoms with Gasteiger partial charge in [0.15, 0.2) is 0 Å². The van der Waals surface area contributed by atoms with Gasteiger partial charge in [-0.3, -0.25) is 38.5 Å². The van der Waals surface area contributed by atoms with Gasteiger partial charge in [-0.25, -0.2) is 4.79 Å². The van der Waals surface area contributed by atoms with Crippen LogP contribution < -0.4 is 11.1 Å². The van der Waals surface area contributed by atoms with Gasteiger partial charge in [0.2, 0.25) is 35.9 Å². The maximum atomic E-state index is 13.8. The average molecular weight is 943 g/mol. The van der Waals surface area contributed by atoms with E-state index in [2.05, 4.69) is 19.2 Å². The molecule has 17 heteroatoms. The molecule has 0 radical (unpaired) electrons. The molecule has 8 atom stereocenters. The third-order valence-corrected chi connectivity index (χ3v) is 12.5. The maximum absolute atomic E-state index is 13.8. The van der Waals surface area contributed by atoms with E-state index >= 15 is 0 Å². The van der Waals surface area contributed by atoms with Crippen LogP contribution in [0.5, 0.6) is 0 Å². The van der Waals surface area contributed by atoms with Gasteiger partial charge in [-0.05, 0) is 62.0 Å². The number of likely N-dealkylation sites (tertiary alicyclic amines) is 1. The number of benzene rings is 1. The number of rotatable bonds is 28. The fourth-order valence-electron chi connectivity index (χ4n) is 8.66. The maximum Gasteiger partial charge on any atom is 0.326 e. The molecular weight excluding hydrogens is 861 g/mol. The van der Waals surface area contributed by atoms with Gasteiger partial charge in [-0.2, -0.15) is 0 Å². The molecule has 0 aromatic heterocycles. The molecule has 1 saturated heterocycles. The van der Waals surface area contributed by atoms with E-state index in [1.54, 1.807) is 50.9 Å². The van der Waals surface area contributed by atoms with Gasteiger partial charge in [-0.15, -0.1) is 0 Å². The molecule has 1 aliphatic rings. The van der Waals surface area contributed by atoms with Crippen molar-refractivity contribution in [1.29, 1.82) is 0 Å². The number of amides is 7. The van der Waals surface area contributed by atoms with Crippen LogP contribution in [0.15, 0.2) is 42.5 Å². The Hall–Kier alpha value is -5.16. The van der Waals surface area contributed by atoms with Crippen LogP contribution in [0.2, 0.25) is 0 Å². The first-order valence-corrected chi connectivity index (χ1v) is 23.7. The van der Waals surface area contributed by atoms with Crippen LogP contribution in [0.3, 0.4) is 0 Å². The largest absolute Gasteiger partial charge is 0.480 e. The molecule has 1 heterocycles. The number of carboxylic acids is 1. The molecule has 67 heavy (non-hydrogen) atoms. The first-order valence-electron chi connectivity index (χ1n) is 23.7. The third kappa shape index (κ3) is 19.5. The summed E-state index contributed by atoms with van der Waals surface area (Å²) in [6.07, 6.45) is 7.48. The summed E-state index contributed by atoms with van der Waals surface area (Å²) in [5, 5.41) is 12.5. The van der Waals surface area contributed by atoms with Gasteiger partial charge in [0.25, 0.3) is 5.91 Å². The van der Waals surface area contributed by atoms with Crippen LogP contribution in [0.4, 0.5) is 0 Å². The highest BCUT2D eigenvalue weighted by Crippen LogP contribution is 2.30. The fourth-order valence-corrected chi connectivity index (χ4v) is 8.66. The Labute approximate surface area is 399 Å². The lowest BCUT2D eigenvalue weighted by Crippen LogP contribution is -2.54. The Bertz CT molecular complexity index is 1760. The predicted molar refractivity (Wildman–Crippen MR) is 257 cm³/mol. The van der Waals surface area contributed by atoms with Gasteiger partial charge in [0.1, 0.15) is 12.1 Å². The van der Waals surface area contributed by atoms with E-state index in [0.29, 0.717) is 58.0 Å². The van der Waals surface area contributed by atoms with Crippen LogP contribution in [0.25, 0.3) is 0 Å². The first kappa shape index (κ1) is 59.9. The molecule has 0 bridgehead atoms. The first-order chi connectivity index (χ1) is 31.6. The van der Waals surface area contributed by atoms with Crippen molar-refractivity contribution in [2.24, 2.45) is 29.4 Å². The molecular formula is C50H82N6O11. The molecule has 17 nitrogen and oxygen atoms in total. The minimum Gasteiger partial charge on any atom is -0.480 e. The predicted octanol–water partition coefficient (Wildman–Crippen LogP) is 4.84. The van der Waals surface area contributed by atoms with Gasteiger partial charge in [0.05, 0.1) is 36.6 Å². The number of hydrogen-bond donors (Lipinski definition) is 3. The third-order valence-electron chi connectivity index (χ3n) is 12.5. The highest BCUT2D eigenvalue weighted by atomic mass is 16.5. The van der Waals surface area contributed by atoms with Crippen molar-refractivity contribution in [3.05, 3.63) is 48.0 Å². The highest BCUT2D eigenvalue weighted by Gasteiger charge is 2.42. The summed E-state index contributed by atoms with van der Waals surface area (Å²) in [5.74, 6) is -3.05. The summed E-state index contributed by atoms with van der Waals surface area (Å²) in [5.41, 5.74) is 6.15. The van der Waals surface area contributed by atoms with Gasteiger partial charge in [0, 0.05) is 60.7 Å². The molecule has 2 rings (SSSR count). The zero-order valence-corrected chi connectivity index (χ0v) is 42.3. The topological polar surface area (TPSA) is 226 Å². The van der Waals surface area contributed by atoms with Crippen LogP contribution in [-0.2, 0) is 54.3 Å². The van der Waals surface area contributed by atoms with Crippen LogP contribution in [0, 0.1) is 23.7 Å². The molecule has 0 saturated carbocycles. The molecule has 4 N–H and O–H groups in total. The number of nitrogens with one attached hydrogen (secondary N) is 1. The van der Waals surface area contributed by atoms with Crippen LogP contribution >= 0.6 is 0 Å².